The lowest BCUT2D eigenvalue weighted by atomic mass is 9.80. The van der Waals surface area contributed by atoms with Crippen molar-refractivity contribution in [3.05, 3.63) is 35.4 Å². The van der Waals surface area contributed by atoms with E-state index in [9.17, 15) is 9.90 Å². The van der Waals surface area contributed by atoms with Gasteiger partial charge in [0.25, 0.3) is 5.91 Å². The number of aliphatic hydroxyl groups excluding tert-OH is 1. The van der Waals surface area contributed by atoms with Gasteiger partial charge in [-0.3, -0.25) is 9.69 Å². The van der Waals surface area contributed by atoms with Crippen LogP contribution in [0.5, 0.6) is 0 Å². The van der Waals surface area contributed by atoms with Gasteiger partial charge in [0, 0.05) is 38.2 Å². The van der Waals surface area contributed by atoms with E-state index in [4.69, 9.17) is 0 Å². The predicted octanol–water partition coefficient (Wildman–Crippen LogP) is 2.90. The number of carbonyl (C=O) groups excluding carboxylic acids is 1. The summed E-state index contributed by atoms with van der Waals surface area (Å²) in [7, 11) is 3.58. The third kappa shape index (κ3) is 3.81. The fraction of sp³-hybridized carbons (Fsp3) is 0.650. The van der Waals surface area contributed by atoms with E-state index in [0.717, 1.165) is 31.5 Å². The van der Waals surface area contributed by atoms with Crippen LogP contribution in [0.1, 0.15) is 54.4 Å². The number of amides is 1. The van der Waals surface area contributed by atoms with Crippen LogP contribution in [0.15, 0.2) is 24.3 Å². The number of aliphatic hydroxyl groups is 1. The maximum Gasteiger partial charge on any atom is 0.253 e. The zero-order chi connectivity index (χ0) is 17.1. The van der Waals surface area contributed by atoms with Crippen molar-refractivity contribution >= 4 is 5.91 Å². The lowest BCUT2D eigenvalue weighted by Gasteiger charge is -2.37. The van der Waals surface area contributed by atoms with Crippen molar-refractivity contribution in [1.29, 1.82) is 0 Å². The molecule has 1 heterocycles. The predicted molar refractivity (Wildman–Crippen MR) is 95.9 cm³/mol. The Morgan fingerprint density at radius 3 is 2.75 bits per heavy atom. The SMILES string of the molecule is CN(C)C(=O)c1cccc(CN2CCC[C@@H]2[C@H]2CCCC[C@H]2O)c1. The van der Waals surface area contributed by atoms with Crippen LogP contribution < -0.4 is 0 Å². The van der Waals surface area contributed by atoms with Crippen LogP contribution in [0.25, 0.3) is 0 Å². The molecule has 1 aromatic carbocycles. The monoisotopic (exact) mass is 330 g/mol. The molecular weight excluding hydrogens is 300 g/mol. The Labute approximate surface area is 145 Å². The molecule has 132 valence electrons. The summed E-state index contributed by atoms with van der Waals surface area (Å²) in [6, 6.07) is 8.49. The fourth-order valence-electron chi connectivity index (χ4n) is 4.42. The van der Waals surface area contributed by atoms with Gasteiger partial charge in [0.15, 0.2) is 0 Å². The molecule has 1 N–H and O–H groups in total. The smallest absolute Gasteiger partial charge is 0.253 e. The second kappa shape index (κ2) is 7.66. The molecule has 0 aromatic heterocycles. The summed E-state index contributed by atoms with van der Waals surface area (Å²) in [5.41, 5.74) is 1.95. The van der Waals surface area contributed by atoms with Crippen molar-refractivity contribution in [2.45, 2.75) is 57.2 Å². The normalized spacial score (nSPS) is 28.0. The minimum absolute atomic E-state index is 0.0533. The summed E-state index contributed by atoms with van der Waals surface area (Å²) in [5.74, 6) is 0.477. The van der Waals surface area contributed by atoms with E-state index >= 15 is 0 Å². The molecular formula is C20H30N2O2. The Bertz CT molecular complexity index is 573. The first-order valence-electron chi connectivity index (χ1n) is 9.29. The molecule has 1 saturated carbocycles. The van der Waals surface area contributed by atoms with E-state index in [-0.39, 0.29) is 12.0 Å². The topological polar surface area (TPSA) is 43.8 Å². The molecule has 4 nitrogen and oxygen atoms in total. The van der Waals surface area contributed by atoms with E-state index in [2.05, 4.69) is 11.0 Å². The van der Waals surface area contributed by atoms with Crippen LogP contribution in [0.4, 0.5) is 0 Å². The van der Waals surface area contributed by atoms with Gasteiger partial charge in [0.05, 0.1) is 6.10 Å². The minimum Gasteiger partial charge on any atom is -0.393 e. The van der Waals surface area contributed by atoms with Crippen LogP contribution in [0.2, 0.25) is 0 Å². The summed E-state index contributed by atoms with van der Waals surface area (Å²) < 4.78 is 0. The van der Waals surface area contributed by atoms with Crippen molar-refractivity contribution in [2.24, 2.45) is 5.92 Å². The molecule has 2 fully saturated rings. The Morgan fingerprint density at radius 2 is 2.00 bits per heavy atom. The summed E-state index contributed by atoms with van der Waals surface area (Å²) >= 11 is 0. The molecule has 3 atom stereocenters. The number of carbonyl (C=O) groups is 1. The second-order valence-electron chi connectivity index (χ2n) is 7.60. The van der Waals surface area contributed by atoms with Crippen molar-refractivity contribution in [3.8, 4) is 0 Å². The third-order valence-corrected chi connectivity index (χ3v) is 5.66. The standard InChI is InChI=1S/C20H30N2O2/c1-21(2)20(24)16-8-5-7-15(13-16)14-22-12-6-10-18(22)17-9-3-4-11-19(17)23/h5,7-8,13,17-19,23H,3-4,6,9-12,14H2,1-2H3/t17-,18-,19-/m1/s1. The highest BCUT2D eigenvalue weighted by molar-refractivity contribution is 5.94. The molecule has 24 heavy (non-hydrogen) atoms. The molecule has 1 aliphatic heterocycles. The highest BCUT2D eigenvalue weighted by Gasteiger charge is 2.36. The molecule has 4 heteroatoms. The molecule has 1 aromatic rings. The zero-order valence-electron chi connectivity index (χ0n) is 14.9. The van der Waals surface area contributed by atoms with Gasteiger partial charge in [-0.1, -0.05) is 25.0 Å². The number of nitrogens with zero attached hydrogens (tertiary/aromatic N) is 2. The molecule has 0 bridgehead atoms. The first-order chi connectivity index (χ1) is 11.6. The average Bonchev–Trinajstić information content (AvgIpc) is 3.02. The van der Waals surface area contributed by atoms with Crippen LogP contribution in [-0.4, -0.2) is 53.6 Å². The van der Waals surface area contributed by atoms with E-state index in [0.29, 0.717) is 12.0 Å². The second-order valence-corrected chi connectivity index (χ2v) is 7.60. The van der Waals surface area contributed by atoms with Gasteiger partial charge in [0.1, 0.15) is 0 Å². The van der Waals surface area contributed by atoms with Crippen molar-refractivity contribution in [1.82, 2.24) is 9.80 Å². The van der Waals surface area contributed by atoms with E-state index in [1.807, 2.05) is 18.2 Å². The summed E-state index contributed by atoms with van der Waals surface area (Å²) in [4.78, 5) is 16.3. The Kier molecular flexibility index (Phi) is 5.57. The number of hydrogen-bond acceptors (Lipinski definition) is 3. The molecule has 0 radical (unpaired) electrons. The lowest BCUT2D eigenvalue weighted by Crippen LogP contribution is -2.42. The fourth-order valence-corrected chi connectivity index (χ4v) is 4.42. The Hall–Kier alpha value is -1.39. The Balaban J connectivity index is 1.70. The highest BCUT2D eigenvalue weighted by Crippen LogP contribution is 2.35. The molecule has 2 aliphatic rings. The van der Waals surface area contributed by atoms with Crippen molar-refractivity contribution in [2.75, 3.05) is 20.6 Å². The molecule has 1 amide bonds. The number of benzene rings is 1. The van der Waals surface area contributed by atoms with Gasteiger partial charge in [-0.15, -0.1) is 0 Å². The quantitative estimate of drug-likeness (QED) is 0.923. The molecule has 0 unspecified atom stereocenters. The van der Waals surface area contributed by atoms with E-state index < -0.39 is 0 Å². The van der Waals surface area contributed by atoms with Crippen molar-refractivity contribution < 1.29 is 9.90 Å². The first-order valence-corrected chi connectivity index (χ1v) is 9.29. The largest absolute Gasteiger partial charge is 0.393 e. The summed E-state index contributed by atoms with van der Waals surface area (Å²) in [5, 5.41) is 10.4. The number of likely N-dealkylation sites (tertiary alicyclic amines) is 1. The zero-order valence-corrected chi connectivity index (χ0v) is 14.9. The van der Waals surface area contributed by atoms with E-state index in [1.165, 1.54) is 31.2 Å². The lowest BCUT2D eigenvalue weighted by molar-refractivity contribution is 0.0201. The highest BCUT2D eigenvalue weighted by atomic mass is 16.3. The summed E-state index contributed by atoms with van der Waals surface area (Å²) in [6.07, 6.45) is 6.80. The number of hydrogen-bond donors (Lipinski definition) is 1. The van der Waals surface area contributed by atoms with E-state index in [1.54, 1.807) is 19.0 Å². The number of rotatable bonds is 4. The Morgan fingerprint density at radius 1 is 1.21 bits per heavy atom. The van der Waals surface area contributed by atoms with Crippen LogP contribution in [0, 0.1) is 5.92 Å². The van der Waals surface area contributed by atoms with Crippen LogP contribution >= 0.6 is 0 Å². The third-order valence-electron chi connectivity index (χ3n) is 5.66. The van der Waals surface area contributed by atoms with Crippen LogP contribution in [0.3, 0.4) is 0 Å². The van der Waals surface area contributed by atoms with Crippen molar-refractivity contribution in [3.63, 3.8) is 0 Å². The maximum atomic E-state index is 12.2. The van der Waals surface area contributed by atoms with Gasteiger partial charge in [-0.25, -0.2) is 0 Å². The van der Waals surface area contributed by atoms with Gasteiger partial charge in [0.2, 0.25) is 0 Å². The average molecular weight is 330 g/mol. The summed E-state index contributed by atoms with van der Waals surface area (Å²) in [6.45, 7) is 1.97. The van der Waals surface area contributed by atoms with Gasteiger partial charge in [-0.2, -0.15) is 0 Å². The molecule has 3 rings (SSSR count). The minimum atomic E-state index is -0.133. The molecule has 1 saturated heterocycles. The van der Waals surface area contributed by atoms with Gasteiger partial charge >= 0.3 is 0 Å². The van der Waals surface area contributed by atoms with Gasteiger partial charge in [-0.05, 0) is 49.9 Å². The maximum absolute atomic E-state index is 12.2. The molecule has 1 aliphatic carbocycles. The first kappa shape index (κ1) is 17.4. The molecule has 0 spiro atoms. The van der Waals surface area contributed by atoms with Crippen LogP contribution in [-0.2, 0) is 6.54 Å². The van der Waals surface area contributed by atoms with Gasteiger partial charge < -0.3 is 10.0 Å².